The second kappa shape index (κ2) is 9.71. The Morgan fingerprint density at radius 1 is 0.929 bits per heavy atom. The van der Waals surface area contributed by atoms with E-state index in [0.29, 0.717) is 18.2 Å². The summed E-state index contributed by atoms with van der Waals surface area (Å²) in [6.45, 7) is 1.29. The molecule has 0 spiro atoms. The highest BCUT2D eigenvalue weighted by Gasteiger charge is 2.12. The summed E-state index contributed by atoms with van der Waals surface area (Å²) in [6, 6.07) is 19.7. The lowest BCUT2D eigenvalue weighted by Crippen LogP contribution is -2.33. The van der Waals surface area contributed by atoms with Gasteiger partial charge in [0.1, 0.15) is 11.5 Å². The zero-order chi connectivity index (χ0) is 19.8. The minimum atomic E-state index is 0.636. The maximum Gasteiger partial charge on any atom is 0.174 e. The van der Waals surface area contributed by atoms with E-state index in [4.69, 9.17) is 21.7 Å². The first-order valence-electron chi connectivity index (χ1n) is 8.90. The largest absolute Gasteiger partial charge is 0.497 e. The fraction of sp³-hybridized carbons (Fsp3) is 0.182. The monoisotopic (exact) mass is 393 g/mol. The Bertz CT molecular complexity index is 901. The summed E-state index contributed by atoms with van der Waals surface area (Å²) in [7, 11) is 3.32. The van der Waals surface area contributed by atoms with E-state index in [1.165, 1.54) is 0 Å². The van der Waals surface area contributed by atoms with Gasteiger partial charge in [0.05, 0.1) is 14.2 Å². The van der Waals surface area contributed by atoms with E-state index in [9.17, 15) is 0 Å². The Balaban J connectivity index is 1.78. The first-order chi connectivity index (χ1) is 13.7. The van der Waals surface area contributed by atoms with Crippen LogP contribution in [0.3, 0.4) is 0 Å². The molecule has 2 aromatic carbocycles. The number of pyridine rings is 1. The molecular formula is C22H23N3O2S. The smallest absolute Gasteiger partial charge is 0.174 e. The van der Waals surface area contributed by atoms with Crippen LogP contribution < -0.4 is 14.8 Å². The summed E-state index contributed by atoms with van der Waals surface area (Å²) in [5.41, 5.74) is 3.11. The highest BCUT2D eigenvalue weighted by atomic mass is 32.1. The lowest BCUT2D eigenvalue weighted by atomic mass is 10.2. The van der Waals surface area contributed by atoms with Gasteiger partial charge in [-0.3, -0.25) is 4.98 Å². The van der Waals surface area contributed by atoms with Crippen molar-refractivity contribution in [3.05, 3.63) is 84.2 Å². The molecule has 0 aliphatic rings. The van der Waals surface area contributed by atoms with Crippen molar-refractivity contribution in [1.29, 1.82) is 0 Å². The van der Waals surface area contributed by atoms with E-state index in [2.05, 4.69) is 21.3 Å². The molecule has 3 rings (SSSR count). The molecule has 0 bridgehead atoms. The van der Waals surface area contributed by atoms with Crippen LogP contribution in [0.1, 0.15) is 11.1 Å². The van der Waals surface area contributed by atoms with Crippen molar-refractivity contribution in [3.63, 3.8) is 0 Å². The first-order valence-corrected chi connectivity index (χ1v) is 9.30. The van der Waals surface area contributed by atoms with Crippen LogP contribution in [0.2, 0.25) is 0 Å². The fourth-order valence-electron chi connectivity index (χ4n) is 2.78. The molecule has 0 saturated heterocycles. The number of rotatable bonds is 7. The van der Waals surface area contributed by atoms with Crippen molar-refractivity contribution < 1.29 is 9.47 Å². The third-order valence-corrected chi connectivity index (χ3v) is 4.59. The van der Waals surface area contributed by atoms with Crippen LogP contribution in [0.4, 0.5) is 5.69 Å². The summed E-state index contributed by atoms with van der Waals surface area (Å²) in [5, 5.41) is 3.95. The molecule has 3 aromatic rings. The van der Waals surface area contributed by atoms with Gasteiger partial charge in [-0.2, -0.15) is 0 Å². The molecule has 0 atom stereocenters. The number of hydrogen-bond donors (Lipinski definition) is 1. The second-order valence-electron chi connectivity index (χ2n) is 6.23. The molecule has 1 heterocycles. The van der Waals surface area contributed by atoms with E-state index in [1.807, 2.05) is 60.8 Å². The van der Waals surface area contributed by atoms with Gasteiger partial charge in [0.25, 0.3) is 0 Å². The quantitative estimate of drug-likeness (QED) is 0.597. The maximum atomic E-state index is 5.71. The third kappa shape index (κ3) is 5.44. The lowest BCUT2D eigenvalue weighted by Gasteiger charge is -2.26. The van der Waals surface area contributed by atoms with Crippen LogP contribution in [-0.4, -0.2) is 29.2 Å². The van der Waals surface area contributed by atoms with Gasteiger partial charge in [-0.15, -0.1) is 0 Å². The topological polar surface area (TPSA) is 46.6 Å². The molecule has 0 saturated carbocycles. The predicted molar refractivity (Wildman–Crippen MR) is 116 cm³/mol. The van der Waals surface area contributed by atoms with Crippen molar-refractivity contribution in [2.75, 3.05) is 19.5 Å². The molecule has 1 N–H and O–H groups in total. The van der Waals surface area contributed by atoms with Crippen LogP contribution in [0.25, 0.3) is 0 Å². The molecule has 6 heteroatoms. The van der Waals surface area contributed by atoms with Crippen molar-refractivity contribution in [2.45, 2.75) is 13.1 Å². The van der Waals surface area contributed by atoms with Gasteiger partial charge >= 0.3 is 0 Å². The Morgan fingerprint density at radius 3 is 2.32 bits per heavy atom. The molecular weight excluding hydrogens is 370 g/mol. The number of ether oxygens (including phenoxy) is 2. The number of aromatic nitrogens is 1. The highest BCUT2D eigenvalue weighted by molar-refractivity contribution is 7.80. The van der Waals surface area contributed by atoms with Gasteiger partial charge in [-0.05, 0) is 65.8 Å². The van der Waals surface area contributed by atoms with E-state index < -0.39 is 0 Å². The number of thiocarbonyl (C=S) groups is 1. The normalized spacial score (nSPS) is 10.2. The SMILES string of the molecule is COc1ccc(NC(=S)N(Cc2cccnc2)Cc2cccc(OC)c2)cc1. The molecule has 0 aliphatic carbocycles. The van der Waals surface area contributed by atoms with Gasteiger partial charge in [0.2, 0.25) is 0 Å². The molecule has 0 aliphatic heterocycles. The number of methoxy groups -OCH3 is 2. The third-order valence-electron chi connectivity index (χ3n) is 4.23. The average molecular weight is 394 g/mol. The van der Waals surface area contributed by atoms with Gasteiger partial charge in [-0.1, -0.05) is 18.2 Å². The minimum Gasteiger partial charge on any atom is -0.497 e. The van der Waals surface area contributed by atoms with E-state index in [-0.39, 0.29) is 0 Å². The summed E-state index contributed by atoms with van der Waals surface area (Å²) in [5.74, 6) is 1.63. The number of anilines is 1. The fourth-order valence-corrected chi connectivity index (χ4v) is 3.03. The van der Waals surface area contributed by atoms with Crippen LogP contribution in [-0.2, 0) is 13.1 Å². The summed E-state index contributed by atoms with van der Waals surface area (Å²) in [4.78, 5) is 6.31. The van der Waals surface area contributed by atoms with Crippen LogP contribution >= 0.6 is 12.2 Å². The van der Waals surface area contributed by atoms with Crippen molar-refractivity contribution in [3.8, 4) is 11.5 Å². The number of nitrogens with one attached hydrogen (secondary N) is 1. The second-order valence-corrected chi connectivity index (χ2v) is 6.61. The molecule has 1 aromatic heterocycles. The Hall–Kier alpha value is -3.12. The van der Waals surface area contributed by atoms with Gasteiger partial charge in [-0.25, -0.2) is 0 Å². The maximum absolute atomic E-state index is 5.71. The molecule has 0 unspecified atom stereocenters. The molecule has 144 valence electrons. The van der Waals surface area contributed by atoms with Crippen molar-refractivity contribution >= 4 is 23.0 Å². The average Bonchev–Trinajstić information content (AvgIpc) is 2.74. The lowest BCUT2D eigenvalue weighted by molar-refractivity contribution is 0.401. The van der Waals surface area contributed by atoms with Crippen LogP contribution in [0, 0.1) is 0 Å². The summed E-state index contributed by atoms with van der Waals surface area (Å²) >= 11 is 5.71. The highest BCUT2D eigenvalue weighted by Crippen LogP contribution is 2.19. The Morgan fingerprint density at radius 2 is 1.64 bits per heavy atom. The van der Waals surface area contributed by atoms with Crippen molar-refractivity contribution in [2.24, 2.45) is 0 Å². The Kier molecular flexibility index (Phi) is 6.81. The van der Waals surface area contributed by atoms with Crippen LogP contribution in [0.5, 0.6) is 11.5 Å². The predicted octanol–water partition coefficient (Wildman–Crippen LogP) is 4.50. The molecule has 5 nitrogen and oxygen atoms in total. The number of hydrogen-bond acceptors (Lipinski definition) is 4. The zero-order valence-corrected chi connectivity index (χ0v) is 16.8. The van der Waals surface area contributed by atoms with Crippen LogP contribution in [0.15, 0.2) is 73.1 Å². The summed E-state index contributed by atoms with van der Waals surface area (Å²) < 4.78 is 10.6. The van der Waals surface area contributed by atoms with Gasteiger partial charge < -0.3 is 19.7 Å². The van der Waals surface area contributed by atoms with E-state index in [0.717, 1.165) is 28.3 Å². The van der Waals surface area contributed by atoms with E-state index in [1.54, 1.807) is 20.4 Å². The number of benzene rings is 2. The Labute approximate surface area is 170 Å². The standard InChI is InChI=1S/C22H23N3O2S/c1-26-20-10-8-19(9-11-20)24-22(28)25(16-18-6-4-12-23-14-18)15-17-5-3-7-21(13-17)27-2/h3-14H,15-16H2,1-2H3,(H,24,28). The van der Waals surface area contributed by atoms with Crippen molar-refractivity contribution in [1.82, 2.24) is 9.88 Å². The molecule has 0 amide bonds. The zero-order valence-electron chi connectivity index (χ0n) is 16.0. The first kappa shape index (κ1) is 19.6. The minimum absolute atomic E-state index is 0.636. The summed E-state index contributed by atoms with van der Waals surface area (Å²) in [6.07, 6.45) is 3.62. The number of nitrogens with zero attached hydrogens (tertiary/aromatic N) is 2. The molecule has 0 fully saturated rings. The molecule has 0 radical (unpaired) electrons. The van der Waals surface area contributed by atoms with Gasteiger partial charge in [0, 0.05) is 31.2 Å². The van der Waals surface area contributed by atoms with E-state index >= 15 is 0 Å². The van der Waals surface area contributed by atoms with Gasteiger partial charge in [0.15, 0.2) is 5.11 Å². The molecule has 28 heavy (non-hydrogen) atoms.